The number of hydrogen-bond acceptors (Lipinski definition) is 3. The number of nitrogens with one attached hydrogen (secondary N) is 1. The lowest BCUT2D eigenvalue weighted by Crippen LogP contribution is -2.50. The lowest BCUT2D eigenvalue weighted by Gasteiger charge is -2.38. The number of anilines is 1. The third-order valence-corrected chi connectivity index (χ3v) is 5.12. The molecule has 0 aliphatic carbocycles. The Morgan fingerprint density at radius 3 is 2.64 bits per heavy atom. The summed E-state index contributed by atoms with van der Waals surface area (Å²) in [7, 11) is 0. The van der Waals surface area contributed by atoms with Crippen molar-refractivity contribution in [3.8, 4) is 5.88 Å². The standard InChI is InChI=1S/C20H23N3O2/c1-14-5-4-6-15(11-14)22-20(24)23-16-8-9-17(23)13-18(12-16)25-19-7-2-3-10-21-19/h2-7,10-11,16-18H,8-9,12-13H2,1H3,(H,22,24). The number of fused-ring (bicyclic) bond motifs is 2. The molecule has 25 heavy (non-hydrogen) atoms. The fourth-order valence-corrected chi connectivity index (χ4v) is 4.05. The summed E-state index contributed by atoms with van der Waals surface area (Å²) < 4.78 is 6.03. The van der Waals surface area contributed by atoms with Crippen molar-refractivity contribution in [1.29, 1.82) is 0 Å². The normalized spacial score (nSPS) is 24.8. The number of urea groups is 1. The predicted octanol–water partition coefficient (Wildman–Crippen LogP) is 4.00. The number of nitrogens with zero attached hydrogens (tertiary/aromatic N) is 2. The van der Waals surface area contributed by atoms with E-state index in [-0.39, 0.29) is 24.2 Å². The highest BCUT2D eigenvalue weighted by Gasteiger charge is 2.44. The van der Waals surface area contributed by atoms with Crippen LogP contribution in [-0.2, 0) is 0 Å². The molecule has 0 radical (unpaired) electrons. The van der Waals surface area contributed by atoms with E-state index in [0.717, 1.165) is 36.9 Å². The van der Waals surface area contributed by atoms with Crippen LogP contribution in [0.2, 0.25) is 0 Å². The summed E-state index contributed by atoms with van der Waals surface area (Å²) in [5.74, 6) is 0.671. The van der Waals surface area contributed by atoms with Crippen molar-refractivity contribution in [1.82, 2.24) is 9.88 Å². The largest absolute Gasteiger partial charge is 0.474 e. The van der Waals surface area contributed by atoms with Crippen LogP contribution in [0.5, 0.6) is 5.88 Å². The molecule has 1 aromatic heterocycles. The number of pyridine rings is 1. The number of carbonyl (C=O) groups is 1. The lowest BCUT2D eigenvalue weighted by molar-refractivity contribution is 0.0704. The topological polar surface area (TPSA) is 54.5 Å². The van der Waals surface area contributed by atoms with Gasteiger partial charge in [-0.15, -0.1) is 0 Å². The monoisotopic (exact) mass is 337 g/mol. The minimum Gasteiger partial charge on any atom is -0.474 e. The Morgan fingerprint density at radius 1 is 1.16 bits per heavy atom. The van der Waals surface area contributed by atoms with E-state index in [2.05, 4.69) is 10.3 Å². The molecule has 0 saturated carbocycles. The first-order valence-corrected chi connectivity index (χ1v) is 8.93. The van der Waals surface area contributed by atoms with E-state index < -0.39 is 0 Å². The molecule has 5 nitrogen and oxygen atoms in total. The van der Waals surface area contributed by atoms with Crippen molar-refractivity contribution >= 4 is 11.7 Å². The van der Waals surface area contributed by atoms with Gasteiger partial charge in [0.1, 0.15) is 6.10 Å². The van der Waals surface area contributed by atoms with Gasteiger partial charge in [0.25, 0.3) is 0 Å². The third-order valence-electron chi connectivity index (χ3n) is 5.12. The molecule has 3 heterocycles. The fraction of sp³-hybridized carbons (Fsp3) is 0.400. The molecule has 1 aromatic carbocycles. The summed E-state index contributed by atoms with van der Waals surface area (Å²) in [5, 5.41) is 3.05. The Balaban J connectivity index is 1.41. The molecule has 2 aromatic rings. The van der Waals surface area contributed by atoms with Crippen molar-refractivity contribution in [3.63, 3.8) is 0 Å². The molecule has 2 aliphatic rings. The predicted molar refractivity (Wildman–Crippen MR) is 96.7 cm³/mol. The third kappa shape index (κ3) is 3.45. The van der Waals surface area contributed by atoms with Gasteiger partial charge in [0.15, 0.2) is 0 Å². The van der Waals surface area contributed by atoms with E-state index in [9.17, 15) is 4.79 Å². The van der Waals surface area contributed by atoms with E-state index in [1.165, 1.54) is 0 Å². The molecule has 0 spiro atoms. The second-order valence-corrected chi connectivity index (χ2v) is 6.97. The first-order valence-electron chi connectivity index (χ1n) is 8.93. The molecule has 1 N–H and O–H groups in total. The number of hydrogen-bond donors (Lipinski definition) is 1. The highest BCUT2D eigenvalue weighted by atomic mass is 16.5. The van der Waals surface area contributed by atoms with Crippen LogP contribution in [0.15, 0.2) is 48.7 Å². The molecule has 2 unspecified atom stereocenters. The first-order chi connectivity index (χ1) is 12.2. The summed E-state index contributed by atoms with van der Waals surface area (Å²) in [5.41, 5.74) is 2.00. The van der Waals surface area contributed by atoms with Crippen molar-refractivity contribution in [3.05, 3.63) is 54.2 Å². The van der Waals surface area contributed by atoms with Crippen LogP contribution in [-0.4, -0.2) is 34.1 Å². The Kier molecular flexibility index (Phi) is 4.30. The zero-order valence-electron chi connectivity index (χ0n) is 14.4. The van der Waals surface area contributed by atoms with Crippen LogP contribution in [0.4, 0.5) is 10.5 Å². The number of amides is 2. The number of ether oxygens (including phenoxy) is 1. The van der Waals surface area contributed by atoms with Gasteiger partial charge in [-0.3, -0.25) is 0 Å². The van der Waals surface area contributed by atoms with E-state index in [4.69, 9.17) is 4.74 Å². The molecule has 4 rings (SSSR count). The maximum atomic E-state index is 12.8. The smallest absolute Gasteiger partial charge is 0.322 e. The first kappa shape index (κ1) is 15.9. The second-order valence-electron chi connectivity index (χ2n) is 6.97. The Morgan fingerprint density at radius 2 is 1.96 bits per heavy atom. The number of piperidine rings is 1. The van der Waals surface area contributed by atoms with Gasteiger partial charge in [-0.2, -0.15) is 0 Å². The van der Waals surface area contributed by atoms with Gasteiger partial charge in [-0.25, -0.2) is 9.78 Å². The van der Waals surface area contributed by atoms with Crippen molar-refractivity contribution in [2.45, 2.75) is 50.8 Å². The minimum absolute atomic E-state index is 0.00869. The lowest BCUT2D eigenvalue weighted by atomic mass is 10.00. The van der Waals surface area contributed by atoms with Crippen LogP contribution in [0.1, 0.15) is 31.2 Å². The summed E-state index contributed by atoms with van der Waals surface area (Å²) in [4.78, 5) is 19.0. The van der Waals surface area contributed by atoms with Crippen molar-refractivity contribution in [2.75, 3.05) is 5.32 Å². The fourth-order valence-electron chi connectivity index (χ4n) is 4.05. The summed E-state index contributed by atoms with van der Waals surface area (Å²) in [6, 6.07) is 14.1. The maximum absolute atomic E-state index is 12.8. The maximum Gasteiger partial charge on any atom is 0.322 e. The average Bonchev–Trinajstić information content (AvgIpc) is 2.87. The Labute approximate surface area is 148 Å². The number of aromatic nitrogens is 1. The molecule has 2 atom stereocenters. The van der Waals surface area contributed by atoms with Gasteiger partial charge in [0.2, 0.25) is 5.88 Å². The minimum atomic E-state index is 0.00869. The molecule has 5 heteroatoms. The zero-order chi connectivity index (χ0) is 17.2. The Bertz CT molecular complexity index is 736. The van der Waals surface area contributed by atoms with Gasteiger partial charge < -0.3 is 15.0 Å². The molecule has 2 bridgehead atoms. The van der Waals surface area contributed by atoms with E-state index >= 15 is 0 Å². The molecular weight excluding hydrogens is 314 g/mol. The summed E-state index contributed by atoms with van der Waals surface area (Å²) >= 11 is 0. The van der Waals surface area contributed by atoms with Crippen LogP contribution >= 0.6 is 0 Å². The van der Waals surface area contributed by atoms with Gasteiger partial charge in [-0.05, 0) is 43.5 Å². The van der Waals surface area contributed by atoms with Crippen LogP contribution in [0.25, 0.3) is 0 Å². The molecule has 2 amide bonds. The molecule has 130 valence electrons. The summed E-state index contributed by atoms with van der Waals surface area (Å²) in [6.45, 7) is 2.03. The number of carbonyl (C=O) groups excluding carboxylic acids is 1. The average molecular weight is 337 g/mol. The highest BCUT2D eigenvalue weighted by molar-refractivity contribution is 5.90. The van der Waals surface area contributed by atoms with Crippen molar-refractivity contribution in [2.24, 2.45) is 0 Å². The van der Waals surface area contributed by atoms with Gasteiger partial charge in [-0.1, -0.05) is 18.2 Å². The van der Waals surface area contributed by atoms with E-state index in [0.29, 0.717) is 5.88 Å². The molecule has 2 fully saturated rings. The zero-order valence-corrected chi connectivity index (χ0v) is 14.4. The number of rotatable bonds is 3. The summed E-state index contributed by atoms with van der Waals surface area (Å²) in [6.07, 6.45) is 5.72. The van der Waals surface area contributed by atoms with Gasteiger partial charge in [0.05, 0.1) is 0 Å². The molecule has 2 saturated heterocycles. The SMILES string of the molecule is Cc1cccc(NC(=O)N2C3CCC2CC(Oc2ccccn2)C3)c1. The van der Waals surface area contributed by atoms with Crippen LogP contribution in [0.3, 0.4) is 0 Å². The second kappa shape index (κ2) is 6.75. The van der Waals surface area contributed by atoms with Gasteiger partial charge >= 0.3 is 6.03 Å². The molecular formula is C20H23N3O2. The quantitative estimate of drug-likeness (QED) is 0.921. The van der Waals surface area contributed by atoms with E-state index in [1.807, 2.05) is 54.3 Å². The highest BCUT2D eigenvalue weighted by Crippen LogP contribution is 2.37. The number of benzene rings is 1. The van der Waals surface area contributed by atoms with Crippen LogP contribution in [0, 0.1) is 6.92 Å². The van der Waals surface area contributed by atoms with Crippen LogP contribution < -0.4 is 10.1 Å². The Hall–Kier alpha value is -2.56. The van der Waals surface area contributed by atoms with Crippen molar-refractivity contribution < 1.29 is 9.53 Å². The van der Waals surface area contributed by atoms with Gasteiger partial charge in [0, 0.05) is 42.9 Å². The number of aryl methyl sites for hydroxylation is 1. The molecule has 2 aliphatic heterocycles. The van der Waals surface area contributed by atoms with E-state index in [1.54, 1.807) is 6.20 Å².